The summed E-state index contributed by atoms with van der Waals surface area (Å²) in [7, 11) is 0. The van der Waals surface area contributed by atoms with Gasteiger partial charge < -0.3 is 10.1 Å². The first-order valence-corrected chi connectivity index (χ1v) is 4.67. The molecule has 0 amide bonds. The number of carbonyl (C=O) groups excluding carboxylic acids is 1. The molecule has 0 unspecified atom stereocenters. The highest BCUT2D eigenvalue weighted by molar-refractivity contribution is 5.79. The number of fused-ring (bicyclic) bond motifs is 1. The number of carbonyl (C=O) groups is 1. The Bertz CT molecular complexity index is 205. The Morgan fingerprint density at radius 3 is 3.08 bits per heavy atom. The smallest absolute Gasteiger partial charge is 0.313 e. The summed E-state index contributed by atoms with van der Waals surface area (Å²) in [4.78, 5) is 11.6. The van der Waals surface area contributed by atoms with Crippen LogP contribution >= 0.6 is 0 Å². The molecule has 3 nitrogen and oxygen atoms in total. The molecule has 1 heterocycles. The lowest BCUT2D eigenvalue weighted by Gasteiger charge is -2.41. The second kappa shape index (κ2) is 2.73. The van der Waals surface area contributed by atoms with Gasteiger partial charge in [0.05, 0.1) is 12.0 Å². The van der Waals surface area contributed by atoms with Gasteiger partial charge in [-0.25, -0.2) is 0 Å². The van der Waals surface area contributed by atoms with Gasteiger partial charge in [0, 0.05) is 6.54 Å². The highest BCUT2D eigenvalue weighted by Gasteiger charge is 2.56. The number of esters is 1. The van der Waals surface area contributed by atoms with Crippen LogP contribution in [0.4, 0.5) is 0 Å². The summed E-state index contributed by atoms with van der Waals surface area (Å²) in [5, 5.41) is 3.26. The molecule has 0 aromatic heterocycles. The molecule has 2 aliphatic rings. The van der Waals surface area contributed by atoms with Crippen molar-refractivity contribution in [2.24, 2.45) is 11.3 Å². The van der Waals surface area contributed by atoms with Crippen molar-refractivity contribution in [3.05, 3.63) is 0 Å². The zero-order valence-electron chi connectivity index (χ0n) is 7.43. The minimum Gasteiger partial charge on any atom is -0.466 e. The molecule has 1 aliphatic carbocycles. The van der Waals surface area contributed by atoms with E-state index in [-0.39, 0.29) is 11.4 Å². The minimum atomic E-state index is -0.129. The van der Waals surface area contributed by atoms with Crippen LogP contribution < -0.4 is 5.32 Å². The van der Waals surface area contributed by atoms with E-state index in [0.717, 1.165) is 19.5 Å². The van der Waals surface area contributed by atoms with E-state index in [1.807, 2.05) is 6.92 Å². The minimum absolute atomic E-state index is 0.0197. The summed E-state index contributed by atoms with van der Waals surface area (Å²) in [5.41, 5.74) is -0.129. The average Bonchev–Trinajstić information content (AvgIpc) is 2.29. The highest BCUT2D eigenvalue weighted by atomic mass is 16.5. The monoisotopic (exact) mass is 169 g/mol. The Hall–Kier alpha value is -0.570. The van der Waals surface area contributed by atoms with Gasteiger partial charge in [0.25, 0.3) is 0 Å². The van der Waals surface area contributed by atoms with E-state index < -0.39 is 0 Å². The van der Waals surface area contributed by atoms with Crippen LogP contribution in [0.3, 0.4) is 0 Å². The third kappa shape index (κ3) is 0.891. The quantitative estimate of drug-likeness (QED) is 0.613. The Morgan fingerprint density at radius 2 is 2.58 bits per heavy atom. The molecule has 0 aromatic carbocycles. The van der Waals surface area contributed by atoms with Gasteiger partial charge in [0.2, 0.25) is 0 Å². The Balaban J connectivity index is 2.05. The van der Waals surface area contributed by atoms with Gasteiger partial charge in [-0.3, -0.25) is 4.79 Å². The molecule has 0 bridgehead atoms. The molecular formula is C9H15NO2. The van der Waals surface area contributed by atoms with Gasteiger partial charge in [-0.1, -0.05) is 0 Å². The van der Waals surface area contributed by atoms with Crippen molar-refractivity contribution in [1.82, 2.24) is 5.32 Å². The summed E-state index contributed by atoms with van der Waals surface area (Å²) >= 11 is 0. The fourth-order valence-corrected chi connectivity index (χ4v) is 2.31. The van der Waals surface area contributed by atoms with E-state index in [1.165, 1.54) is 6.42 Å². The maximum atomic E-state index is 11.6. The van der Waals surface area contributed by atoms with Crippen molar-refractivity contribution in [3.63, 3.8) is 0 Å². The molecule has 12 heavy (non-hydrogen) atoms. The van der Waals surface area contributed by atoms with E-state index in [1.54, 1.807) is 0 Å². The SMILES string of the molecule is CCOC(=O)[C@]12CC[C@H]1CNC2. The van der Waals surface area contributed by atoms with Crippen LogP contribution in [0.5, 0.6) is 0 Å². The van der Waals surface area contributed by atoms with E-state index in [2.05, 4.69) is 5.32 Å². The van der Waals surface area contributed by atoms with Crippen LogP contribution in [0.2, 0.25) is 0 Å². The number of hydrogen-bond acceptors (Lipinski definition) is 3. The third-order valence-corrected chi connectivity index (χ3v) is 3.23. The second-order valence-corrected chi connectivity index (χ2v) is 3.74. The molecule has 2 fully saturated rings. The van der Waals surface area contributed by atoms with E-state index in [9.17, 15) is 4.79 Å². The molecule has 1 aliphatic heterocycles. The van der Waals surface area contributed by atoms with Crippen LogP contribution in [-0.4, -0.2) is 25.7 Å². The van der Waals surface area contributed by atoms with Crippen molar-refractivity contribution >= 4 is 5.97 Å². The van der Waals surface area contributed by atoms with Crippen LogP contribution in [0.1, 0.15) is 19.8 Å². The summed E-state index contributed by atoms with van der Waals surface area (Å²) in [6.45, 7) is 4.20. The first kappa shape index (κ1) is 8.05. The molecule has 2 rings (SSSR count). The predicted octanol–water partition coefficient (Wildman–Crippen LogP) is 0.549. The van der Waals surface area contributed by atoms with Crippen molar-refractivity contribution in [1.29, 1.82) is 0 Å². The van der Waals surface area contributed by atoms with E-state index in [4.69, 9.17) is 4.74 Å². The van der Waals surface area contributed by atoms with Crippen molar-refractivity contribution in [3.8, 4) is 0 Å². The van der Waals surface area contributed by atoms with Crippen molar-refractivity contribution in [2.75, 3.05) is 19.7 Å². The Kier molecular flexibility index (Phi) is 1.83. The molecule has 0 radical (unpaired) electrons. The summed E-state index contributed by atoms with van der Waals surface area (Å²) in [5.74, 6) is 0.572. The average molecular weight is 169 g/mol. The lowest BCUT2D eigenvalue weighted by atomic mass is 9.62. The standard InChI is InChI=1S/C9H15NO2/c1-2-12-8(11)9-4-3-7(9)5-10-6-9/h7,10H,2-6H2,1H3/t7-,9-/m0/s1. The molecular weight excluding hydrogens is 154 g/mol. The fraction of sp³-hybridized carbons (Fsp3) is 0.889. The van der Waals surface area contributed by atoms with Gasteiger partial charge in [-0.2, -0.15) is 0 Å². The topological polar surface area (TPSA) is 38.3 Å². The fourth-order valence-electron chi connectivity index (χ4n) is 2.31. The van der Waals surface area contributed by atoms with Crippen molar-refractivity contribution < 1.29 is 9.53 Å². The van der Waals surface area contributed by atoms with Gasteiger partial charge in [-0.05, 0) is 32.2 Å². The number of hydrogen-bond donors (Lipinski definition) is 1. The highest BCUT2D eigenvalue weighted by Crippen LogP contribution is 2.49. The zero-order valence-corrected chi connectivity index (χ0v) is 7.43. The van der Waals surface area contributed by atoms with Gasteiger partial charge >= 0.3 is 5.97 Å². The summed E-state index contributed by atoms with van der Waals surface area (Å²) < 4.78 is 5.07. The van der Waals surface area contributed by atoms with Gasteiger partial charge in [0.15, 0.2) is 0 Å². The zero-order chi connectivity index (χ0) is 8.60. The molecule has 1 N–H and O–H groups in total. The lowest BCUT2D eigenvalue weighted by molar-refractivity contribution is -0.163. The van der Waals surface area contributed by atoms with Crippen LogP contribution in [0.15, 0.2) is 0 Å². The molecule has 0 spiro atoms. The third-order valence-electron chi connectivity index (χ3n) is 3.23. The van der Waals surface area contributed by atoms with Crippen molar-refractivity contribution in [2.45, 2.75) is 19.8 Å². The molecule has 68 valence electrons. The Morgan fingerprint density at radius 1 is 1.75 bits per heavy atom. The predicted molar refractivity (Wildman–Crippen MR) is 44.7 cm³/mol. The first-order chi connectivity index (χ1) is 5.79. The van der Waals surface area contributed by atoms with E-state index in [0.29, 0.717) is 12.5 Å². The molecule has 0 aromatic rings. The summed E-state index contributed by atoms with van der Waals surface area (Å²) in [6, 6.07) is 0. The lowest BCUT2D eigenvalue weighted by Crippen LogP contribution is -2.47. The maximum absolute atomic E-state index is 11.6. The maximum Gasteiger partial charge on any atom is 0.313 e. The molecule has 1 saturated carbocycles. The molecule has 1 saturated heterocycles. The van der Waals surface area contributed by atoms with Crippen LogP contribution in [-0.2, 0) is 9.53 Å². The number of rotatable bonds is 2. The van der Waals surface area contributed by atoms with Crippen LogP contribution in [0, 0.1) is 11.3 Å². The summed E-state index contributed by atoms with van der Waals surface area (Å²) in [6.07, 6.45) is 2.20. The first-order valence-electron chi connectivity index (χ1n) is 4.67. The van der Waals surface area contributed by atoms with Gasteiger partial charge in [-0.15, -0.1) is 0 Å². The number of nitrogens with one attached hydrogen (secondary N) is 1. The number of ether oxygens (including phenoxy) is 1. The molecule has 3 heteroatoms. The van der Waals surface area contributed by atoms with Gasteiger partial charge in [0.1, 0.15) is 0 Å². The Labute approximate surface area is 72.5 Å². The van der Waals surface area contributed by atoms with E-state index >= 15 is 0 Å². The largest absolute Gasteiger partial charge is 0.466 e. The second-order valence-electron chi connectivity index (χ2n) is 3.74. The molecule has 2 atom stereocenters. The van der Waals surface area contributed by atoms with Crippen LogP contribution in [0.25, 0.3) is 0 Å². The normalized spacial score (nSPS) is 38.6.